The number of nitrogens with zero attached hydrogens (tertiary/aromatic N) is 5. The van der Waals surface area contributed by atoms with E-state index in [0.717, 1.165) is 18.1 Å². The summed E-state index contributed by atoms with van der Waals surface area (Å²) in [6.45, 7) is 3.77. The molecule has 4 heterocycles. The molecule has 4 amide bonds. The number of benzene rings is 2. The molecule has 2 saturated heterocycles. The summed E-state index contributed by atoms with van der Waals surface area (Å²) in [4.78, 5) is 66.8. The van der Waals surface area contributed by atoms with E-state index in [0.29, 0.717) is 39.5 Å². The number of carbonyl (C=O) groups is 4. The van der Waals surface area contributed by atoms with Crippen LogP contribution in [0.3, 0.4) is 0 Å². The van der Waals surface area contributed by atoms with Crippen LogP contribution in [-0.2, 0) is 43.4 Å². The summed E-state index contributed by atoms with van der Waals surface area (Å²) in [6, 6.07) is 13.0. The molecule has 0 unspecified atom stereocenters. The Hall–Kier alpha value is -5.65. The third-order valence-electron chi connectivity index (χ3n) is 12.1. The van der Waals surface area contributed by atoms with Crippen LogP contribution in [0.5, 0.6) is 5.75 Å². The number of phenols is 1. The summed E-state index contributed by atoms with van der Waals surface area (Å²) in [6.07, 6.45) is -6.22. The zero-order valence-corrected chi connectivity index (χ0v) is 34.2. The minimum absolute atomic E-state index is 0.102. The maximum atomic E-state index is 15.5. The molecular formula is C42H31Cl3F6N6O5. The number of pyridine rings is 2. The molecule has 3 fully saturated rings. The second-order valence-corrected chi connectivity index (χ2v) is 16.5. The molecule has 0 spiro atoms. The molecular weight excluding hydrogens is 889 g/mol. The number of allylic oxidation sites excluding steroid dienone is 3. The van der Waals surface area contributed by atoms with Gasteiger partial charge in [0, 0.05) is 29.7 Å². The van der Waals surface area contributed by atoms with Gasteiger partial charge in [-0.25, -0.2) is 9.97 Å². The summed E-state index contributed by atoms with van der Waals surface area (Å²) < 4.78 is 81.9. The molecule has 4 aliphatic rings. The number of fused-ring (bicyclic) bond motifs is 4. The molecule has 1 saturated carbocycles. The Balaban J connectivity index is 1.30. The lowest BCUT2D eigenvalue weighted by molar-refractivity contribution is -0.142. The SMILES string of the molecule is C=CCc1cccc([C@H]2C3=CC[C@@H]4C(=O)N(N(C)c5nc(C(F)(F)F)ccc5Cl)C(=O)[C@@H]4[C@@H]3C[C@H]3C(=O)N(Nc4ncc(C(F)(F)F)cc4Cl)C(=O)[C@@]23c2ccc(Cl)cc2)c1O. The van der Waals surface area contributed by atoms with Gasteiger partial charge in [-0.2, -0.15) is 36.4 Å². The summed E-state index contributed by atoms with van der Waals surface area (Å²) in [7, 11) is 1.16. The van der Waals surface area contributed by atoms with Crippen LogP contribution in [-0.4, -0.2) is 55.8 Å². The molecule has 2 N–H and O–H groups in total. The van der Waals surface area contributed by atoms with Crippen molar-refractivity contribution in [1.29, 1.82) is 0 Å². The number of halogens is 9. The Morgan fingerprint density at radius 1 is 0.935 bits per heavy atom. The molecule has 0 radical (unpaired) electrons. The number of imide groups is 2. The number of rotatable bonds is 8. The van der Waals surface area contributed by atoms with E-state index in [4.69, 9.17) is 34.8 Å². The highest BCUT2D eigenvalue weighted by Crippen LogP contribution is 2.65. The number of hydrogen-bond acceptors (Lipinski definition) is 9. The third-order valence-corrected chi connectivity index (χ3v) is 12.9. The van der Waals surface area contributed by atoms with Crippen LogP contribution in [0.2, 0.25) is 15.1 Å². The van der Waals surface area contributed by atoms with Crippen LogP contribution >= 0.6 is 34.8 Å². The minimum atomic E-state index is -4.89. The molecule has 62 heavy (non-hydrogen) atoms. The zero-order chi connectivity index (χ0) is 44.8. The van der Waals surface area contributed by atoms with Crippen molar-refractivity contribution in [3.63, 3.8) is 0 Å². The molecule has 2 aliphatic carbocycles. The van der Waals surface area contributed by atoms with E-state index in [1.165, 1.54) is 24.3 Å². The van der Waals surface area contributed by atoms with Gasteiger partial charge >= 0.3 is 12.4 Å². The smallest absolute Gasteiger partial charge is 0.433 e. The molecule has 11 nitrogen and oxygen atoms in total. The predicted octanol–water partition coefficient (Wildman–Crippen LogP) is 8.94. The quantitative estimate of drug-likeness (QED) is 0.101. The first-order valence-corrected chi connectivity index (χ1v) is 20.0. The highest BCUT2D eigenvalue weighted by molar-refractivity contribution is 6.33. The Labute approximate surface area is 363 Å². The van der Waals surface area contributed by atoms with Crippen molar-refractivity contribution >= 4 is 70.1 Å². The van der Waals surface area contributed by atoms with E-state index in [9.17, 15) is 45.8 Å². The first-order chi connectivity index (χ1) is 29.2. The lowest BCUT2D eigenvalue weighted by Gasteiger charge is -2.50. The number of amides is 4. The van der Waals surface area contributed by atoms with Gasteiger partial charge in [-0.3, -0.25) is 29.6 Å². The second kappa shape index (κ2) is 15.3. The van der Waals surface area contributed by atoms with Crippen LogP contribution in [0.15, 0.2) is 91.2 Å². The number of carbonyl (C=O) groups excluding carboxylic acids is 4. The average Bonchev–Trinajstić information content (AvgIpc) is 3.59. The number of para-hydroxylation sites is 1. The van der Waals surface area contributed by atoms with Crippen molar-refractivity contribution in [2.45, 2.75) is 42.9 Å². The van der Waals surface area contributed by atoms with Gasteiger partial charge in [0.25, 0.3) is 23.6 Å². The molecule has 4 aromatic rings. The average molecular weight is 920 g/mol. The van der Waals surface area contributed by atoms with Gasteiger partial charge < -0.3 is 5.11 Å². The van der Waals surface area contributed by atoms with Gasteiger partial charge in [0.05, 0.1) is 38.8 Å². The number of hydrogen-bond donors (Lipinski definition) is 2. The molecule has 6 atom stereocenters. The fourth-order valence-electron chi connectivity index (χ4n) is 9.48. The Bertz CT molecular complexity index is 2610. The largest absolute Gasteiger partial charge is 0.507 e. The van der Waals surface area contributed by atoms with Crippen LogP contribution in [0, 0.1) is 23.7 Å². The number of phenolic OH excluding ortho intramolecular Hbond substituents is 1. The van der Waals surface area contributed by atoms with E-state index in [1.54, 1.807) is 30.4 Å². The highest BCUT2D eigenvalue weighted by atomic mass is 35.5. The standard InChI is InChI=1S/C42H31Cl3F6N6O5/c1-3-5-19-6-4-7-25(33(19)58)32-23-12-13-24-31(38(61)57(36(24)59)55(2)35-28(44)14-15-30(53-35)42(49,50)51)26(23)17-27-37(60)56(39(62)40(27,32)20-8-10-22(43)11-9-20)54-34-29(45)16-21(18-52-34)41(46,47)48/h3-4,6-12,14-16,18,24,26-27,31-32,58H,1,5,13,17H2,2H3,(H,52,54)/t24-,26+,27-,31-,32+,40+/m0/s1. The van der Waals surface area contributed by atoms with Crippen molar-refractivity contribution in [2.75, 3.05) is 17.5 Å². The van der Waals surface area contributed by atoms with Crippen LogP contribution in [0.1, 0.15) is 46.7 Å². The number of nitrogens with one attached hydrogen (secondary N) is 1. The van der Waals surface area contributed by atoms with Gasteiger partial charge in [-0.15, -0.1) is 6.58 Å². The molecule has 2 aromatic carbocycles. The number of hydrazine groups is 2. The predicted molar refractivity (Wildman–Crippen MR) is 213 cm³/mol. The lowest BCUT2D eigenvalue weighted by Crippen LogP contribution is -2.53. The van der Waals surface area contributed by atoms with E-state index in [1.807, 2.05) is 0 Å². The van der Waals surface area contributed by atoms with Gasteiger partial charge in [-0.1, -0.05) is 82.9 Å². The van der Waals surface area contributed by atoms with E-state index < -0.39 is 98.9 Å². The van der Waals surface area contributed by atoms with E-state index in [2.05, 4.69) is 22.0 Å². The van der Waals surface area contributed by atoms with E-state index >= 15 is 4.79 Å². The first-order valence-electron chi connectivity index (χ1n) is 18.8. The number of anilines is 2. The summed E-state index contributed by atoms with van der Waals surface area (Å²) in [5.74, 6) is -10.7. The van der Waals surface area contributed by atoms with Crippen molar-refractivity contribution in [1.82, 2.24) is 20.0 Å². The molecule has 0 bridgehead atoms. The molecule has 2 aliphatic heterocycles. The van der Waals surface area contributed by atoms with Gasteiger partial charge in [0.15, 0.2) is 11.6 Å². The number of aromatic nitrogens is 2. The molecule has 20 heteroatoms. The van der Waals surface area contributed by atoms with Crippen molar-refractivity contribution in [3.8, 4) is 5.75 Å². The van der Waals surface area contributed by atoms with Gasteiger partial charge in [-0.05, 0) is 66.6 Å². The number of aromatic hydroxyl groups is 1. The minimum Gasteiger partial charge on any atom is -0.507 e. The van der Waals surface area contributed by atoms with Crippen LogP contribution in [0.25, 0.3) is 0 Å². The molecule has 322 valence electrons. The normalized spacial score (nSPS) is 24.7. The second-order valence-electron chi connectivity index (χ2n) is 15.3. The fraction of sp³-hybridized carbons (Fsp3) is 0.286. The summed E-state index contributed by atoms with van der Waals surface area (Å²) >= 11 is 18.9. The lowest BCUT2D eigenvalue weighted by atomic mass is 9.49. The van der Waals surface area contributed by atoms with Crippen molar-refractivity contribution in [2.24, 2.45) is 23.7 Å². The summed E-state index contributed by atoms with van der Waals surface area (Å²) in [5.41, 5.74) is -0.721. The van der Waals surface area contributed by atoms with E-state index in [-0.39, 0.29) is 46.2 Å². The zero-order valence-electron chi connectivity index (χ0n) is 31.9. The van der Waals surface area contributed by atoms with Crippen LogP contribution in [0.4, 0.5) is 38.0 Å². The summed E-state index contributed by atoms with van der Waals surface area (Å²) in [5, 5.41) is 13.6. The third kappa shape index (κ3) is 6.66. The van der Waals surface area contributed by atoms with Gasteiger partial charge in [0.1, 0.15) is 11.4 Å². The maximum Gasteiger partial charge on any atom is 0.433 e. The maximum absolute atomic E-state index is 15.5. The van der Waals surface area contributed by atoms with Crippen LogP contribution < -0.4 is 10.4 Å². The van der Waals surface area contributed by atoms with Crippen molar-refractivity contribution in [3.05, 3.63) is 134 Å². The number of alkyl halides is 6. The van der Waals surface area contributed by atoms with Crippen molar-refractivity contribution < 1.29 is 50.6 Å². The Morgan fingerprint density at radius 3 is 2.29 bits per heavy atom. The monoisotopic (exact) mass is 918 g/mol. The highest BCUT2D eigenvalue weighted by Gasteiger charge is 2.71. The fourth-order valence-corrected chi connectivity index (χ4v) is 10.0. The Kier molecular flexibility index (Phi) is 10.6. The Morgan fingerprint density at radius 2 is 1.65 bits per heavy atom. The molecule has 8 rings (SSSR count). The topological polar surface area (TPSA) is 136 Å². The first kappa shape index (κ1) is 43.0. The molecule has 2 aromatic heterocycles. The van der Waals surface area contributed by atoms with Gasteiger partial charge in [0.2, 0.25) is 0 Å².